The fourth-order valence-electron chi connectivity index (χ4n) is 2.03. The fraction of sp³-hybridized carbons (Fsp3) is 0.615. The van der Waals surface area contributed by atoms with Gasteiger partial charge >= 0.3 is 0 Å². The van der Waals surface area contributed by atoms with E-state index in [9.17, 15) is 13.2 Å². The minimum atomic E-state index is -2.93. The highest BCUT2D eigenvalue weighted by atomic mass is 32.2. The Bertz CT molecular complexity index is 598. The van der Waals surface area contributed by atoms with E-state index >= 15 is 0 Å². The van der Waals surface area contributed by atoms with E-state index in [2.05, 4.69) is 20.6 Å². The van der Waals surface area contributed by atoms with Crippen LogP contribution < -0.4 is 10.6 Å². The van der Waals surface area contributed by atoms with Crippen molar-refractivity contribution in [3.63, 3.8) is 0 Å². The lowest BCUT2D eigenvalue weighted by Gasteiger charge is -2.11. The smallest absolute Gasteiger partial charge is 0.271 e. The number of hydrogen-bond donors (Lipinski definition) is 2. The lowest BCUT2D eigenvalue weighted by Crippen LogP contribution is -2.28. The lowest BCUT2D eigenvalue weighted by atomic mass is 10.2. The van der Waals surface area contributed by atoms with Crippen molar-refractivity contribution in [2.75, 3.05) is 23.4 Å². The van der Waals surface area contributed by atoms with Crippen molar-refractivity contribution >= 4 is 21.6 Å². The maximum atomic E-state index is 11.8. The molecule has 1 aliphatic rings. The molecule has 0 aliphatic carbocycles. The highest BCUT2D eigenvalue weighted by molar-refractivity contribution is 7.91. The summed E-state index contributed by atoms with van der Waals surface area (Å²) in [6, 6.07) is -0.134. The van der Waals surface area contributed by atoms with Gasteiger partial charge in [-0.2, -0.15) is 0 Å². The third kappa shape index (κ3) is 4.66. The first-order valence-corrected chi connectivity index (χ1v) is 8.75. The molecule has 0 spiro atoms. The maximum absolute atomic E-state index is 11.8. The standard InChI is InChI=1S/C13H20N4O3S/c1-9(2)5-16-13(18)11-6-15-12(7-14-11)17-10-3-4-21(19,20)8-10/h6-7,9-10H,3-5,8H2,1-2H3,(H,15,17)(H,16,18). The highest BCUT2D eigenvalue weighted by Gasteiger charge is 2.27. The summed E-state index contributed by atoms with van der Waals surface area (Å²) in [7, 11) is -2.93. The zero-order valence-electron chi connectivity index (χ0n) is 12.2. The van der Waals surface area contributed by atoms with Gasteiger partial charge in [0, 0.05) is 12.6 Å². The largest absolute Gasteiger partial charge is 0.365 e. The van der Waals surface area contributed by atoms with Crippen LogP contribution >= 0.6 is 0 Å². The van der Waals surface area contributed by atoms with E-state index in [1.54, 1.807) is 0 Å². The van der Waals surface area contributed by atoms with Crippen molar-refractivity contribution < 1.29 is 13.2 Å². The average molecular weight is 312 g/mol. The van der Waals surface area contributed by atoms with Gasteiger partial charge in [0.2, 0.25) is 0 Å². The van der Waals surface area contributed by atoms with Crippen LogP contribution in [-0.4, -0.2) is 48.4 Å². The fourth-order valence-corrected chi connectivity index (χ4v) is 3.70. The number of amides is 1. The third-order valence-corrected chi connectivity index (χ3v) is 4.91. The number of hydrogen-bond acceptors (Lipinski definition) is 6. The molecule has 1 aromatic heterocycles. The Morgan fingerprint density at radius 2 is 2.14 bits per heavy atom. The van der Waals surface area contributed by atoms with E-state index in [1.165, 1.54) is 12.4 Å². The molecule has 2 heterocycles. The topological polar surface area (TPSA) is 101 Å². The van der Waals surface area contributed by atoms with Crippen LogP contribution in [0.25, 0.3) is 0 Å². The number of aromatic nitrogens is 2. The number of carbonyl (C=O) groups is 1. The molecule has 1 aliphatic heterocycles. The molecule has 21 heavy (non-hydrogen) atoms. The van der Waals surface area contributed by atoms with Crippen LogP contribution in [0.5, 0.6) is 0 Å². The summed E-state index contributed by atoms with van der Waals surface area (Å²) in [6.07, 6.45) is 3.41. The lowest BCUT2D eigenvalue weighted by molar-refractivity contribution is 0.0943. The van der Waals surface area contributed by atoms with Crippen molar-refractivity contribution in [1.82, 2.24) is 15.3 Å². The number of anilines is 1. The maximum Gasteiger partial charge on any atom is 0.271 e. The van der Waals surface area contributed by atoms with Crippen molar-refractivity contribution in [3.05, 3.63) is 18.1 Å². The summed E-state index contributed by atoms with van der Waals surface area (Å²) < 4.78 is 22.7. The van der Waals surface area contributed by atoms with Crippen LogP contribution in [0.4, 0.5) is 5.82 Å². The zero-order valence-corrected chi connectivity index (χ0v) is 13.0. The minimum Gasteiger partial charge on any atom is -0.365 e. The normalized spacial score (nSPS) is 20.4. The molecule has 8 heteroatoms. The Balaban J connectivity index is 1.91. The van der Waals surface area contributed by atoms with Gasteiger partial charge in [-0.25, -0.2) is 18.4 Å². The second kappa shape index (κ2) is 6.38. The van der Waals surface area contributed by atoms with Crippen molar-refractivity contribution in [2.45, 2.75) is 26.3 Å². The first-order valence-electron chi connectivity index (χ1n) is 6.93. The van der Waals surface area contributed by atoms with Gasteiger partial charge in [-0.05, 0) is 12.3 Å². The molecule has 2 rings (SSSR count). The Kier molecular flexibility index (Phi) is 4.76. The molecule has 1 unspecified atom stereocenters. The predicted octanol–water partition coefficient (Wildman–Crippen LogP) is 0.461. The predicted molar refractivity (Wildman–Crippen MR) is 79.9 cm³/mol. The number of nitrogens with zero attached hydrogens (tertiary/aromatic N) is 2. The second-order valence-electron chi connectivity index (χ2n) is 5.64. The molecule has 1 saturated heterocycles. The quantitative estimate of drug-likeness (QED) is 0.819. The summed E-state index contributed by atoms with van der Waals surface area (Å²) in [5.41, 5.74) is 0.250. The van der Waals surface area contributed by atoms with Crippen LogP contribution in [0.1, 0.15) is 30.8 Å². The van der Waals surface area contributed by atoms with Crippen molar-refractivity contribution in [2.24, 2.45) is 5.92 Å². The van der Waals surface area contributed by atoms with Gasteiger partial charge in [-0.1, -0.05) is 13.8 Å². The SMILES string of the molecule is CC(C)CNC(=O)c1cnc(NC2CCS(=O)(=O)C2)cn1. The first kappa shape index (κ1) is 15.7. The summed E-state index contributed by atoms with van der Waals surface area (Å²) in [4.78, 5) is 19.9. The van der Waals surface area contributed by atoms with Crippen LogP contribution in [0, 0.1) is 5.92 Å². The van der Waals surface area contributed by atoms with Gasteiger partial charge in [0.25, 0.3) is 5.91 Å². The molecule has 0 bridgehead atoms. The molecule has 1 atom stereocenters. The molecule has 0 aromatic carbocycles. The van der Waals surface area contributed by atoms with E-state index in [4.69, 9.17) is 0 Å². The number of carbonyl (C=O) groups excluding carboxylic acids is 1. The number of sulfone groups is 1. The highest BCUT2D eigenvalue weighted by Crippen LogP contribution is 2.15. The summed E-state index contributed by atoms with van der Waals surface area (Å²) in [5.74, 6) is 0.912. The molecule has 0 radical (unpaired) electrons. The Hall–Kier alpha value is -1.70. The summed E-state index contributed by atoms with van der Waals surface area (Å²) in [5, 5.41) is 5.79. The molecule has 0 saturated carbocycles. The molecule has 2 N–H and O–H groups in total. The van der Waals surface area contributed by atoms with Crippen LogP contribution in [0.2, 0.25) is 0 Å². The Labute approximate surface area is 124 Å². The van der Waals surface area contributed by atoms with Gasteiger partial charge in [0.1, 0.15) is 11.5 Å². The molecule has 116 valence electrons. The van der Waals surface area contributed by atoms with Crippen molar-refractivity contribution in [1.29, 1.82) is 0 Å². The molecular weight excluding hydrogens is 292 g/mol. The van der Waals surface area contributed by atoms with Gasteiger partial charge in [-0.15, -0.1) is 0 Å². The summed E-state index contributed by atoms with van der Waals surface area (Å²) >= 11 is 0. The molecule has 1 aromatic rings. The minimum absolute atomic E-state index is 0.116. The third-order valence-electron chi connectivity index (χ3n) is 3.14. The average Bonchev–Trinajstić information content (AvgIpc) is 2.76. The zero-order chi connectivity index (χ0) is 15.5. The van der Waals surface area contributed by atoms with Crippen LogP contribution in [0.15, 0.2) is 12.4 Å². The first-order chi connectivity index (χ1) is 9.85. The Morgan fingerprint density at radius 3 is 2.67 bits per heavy atom. The van der Waals surface area contributed by atoms with Gasteiger partial charge in [-0.3, -0.25) is 4.79 Å². The van der Waals surface area contributed by atoms with E-state index in [0.29, 0.717) is 24.7 Å². The molecule has 1 amide bonds. The van der Waals surface area contributed by atoms with Gasteiger partial charge in [0.15, 0.2) is 9.84 Å². The van der Waals surface area contributed by atoms with Crippen LogP contribution in [0.3, 0.4) is 0 Å². The van der Waals surface area contributed by atoms with E-state index in [-0.39, 0.29) is 29.1 Å². The summed E-state index contributed by atoms with van der Waals surface area (Å²) in [6.45, 7) is 4.60. The van der Waals surface area contributed by atoms with E-state index < -0.39 is 9.84 Å². The van der Waals surface area contributed by atoms with Gasteiger partial charge < -0.3 is 10.6 Å². The number of nitrogens with one attached hydrogen (secondary N) is 2. The van der Waals surface area contributed by atoms with Gasteiger partial charge in [0.05, 0.1) is 23.9 Å². The monoisotopic (exact) mass is 312 g/mol. The number of rotatable bonds is 5. The van der Waals surface area contributed by atoms with Crippen molar-refractivity contribution in [3.8, 4) is 0 Å². The molecule has 7 nitrogen and oxygen atoms in total. The molecular formula is C13H20N4O3S. The van der Waals surface area contributed by atoms with E-state index in [0.717, 1.165) is 0 Å². The Morgan fingerprint density at radius 1 is 1.38 bits per heavy atom. The second-order valence-corrected chi connectivity index (χ2v) is 7.86. The van der Waals surface area contributed by atoms with Crippen LogP contribution in [-0.2, 0) is 9.84 Å². The van der Waals surface area contributed by atoms with E-state index in [1.807, 2.05) is 13.8 Å². The molecule has 1 fully saturated rings.